The maximum Gasteiger partial charge on any atom is 0.252 e. The van der Waals surface area contributed by atoms with E-state index in [2.05, 4.69) is 21.2 Å². The molecule has 1 heterocycles. The summed E-state index contributed by atoms with van der Waals surface area (Å²) in [5.74, 6) is 2.16. The SMILES string of the molecule is COc1cccc([C@H]2OC(c3ccc(OCCCO)cc3)=N[C@@]2(Cc2ccc(Br)cc2)C(=O)NCC2CC2)c1. The number of aliphatic imine (C=N–C) groups is 1. The van der Waals surface area contributed by atoms with Gasteiger partial charge in [-0.1, -0.05) is 40.2 Å². The molecule has 3 aromatic carbocycles. The monoisotopic (exact) mass is 592 g/mol. The van der Waals surface area contributed by atoms with Gasteiger partial charge in [0.05, 0.1) is 13.7 Å². The van der Waals surface area contributed by atoms with Crippen molar-refractivity contribution in [3.05, 3.63) is 94.0 Å². The average molecular weight is 594 g/mol. The minimum atomic E-state index is -1.22. The Hall–Kier alpha value is -3.36. The molecular weight excluding hydrogens is 560 g/mol. The Kier molecular flexibility index (Phi) is 8.53. The van der Waals surface area contributed by atoms with Gasteiger partial charge >= 0.3 is 0 Å². The zero-order chi connectivity index (χ0) is 27.2. The molecule has 1 aliphatic heterocycles. The first-order valence-electron chi connectivity index (χ1n) is 13.3. The lowest BCUT2D eigenvalue weighted by Crippen LogP contribution is -2.50. The molecular formula is C31H33BrN2O5. The van der Waals surface area contributed by atoms with E-state index < -0.39 is 11.6 Å². The van der Waals surface area contributed by atoms with Gasteiger partial charge in [0.1, 0.15) is 11.5 Å². The minimum absolute atomic E-state index is 0.0810. The van der Waals surface area contributed by atoms with Crippen LogP contribution < -0.4 is 14.8 Å². The Morgan fingerprint density at radius 1 is 1.10 bits per heavy atom. The van der Waals surface area contributed by atoms with Gasteiger partial charge in [0, 0.05) is 36.0 Å². The molecule has 1 aliphatic carbocycles. The number of aliphatic hydroxyl groups excluding tert-OH is 1. The van der Waals surface area contributed by atoms with Gasteiger partial charge < -0.3 is 24.6 Å². The molecule has 0 saturated heterocycles. The van der Waals surface area contributed by atoms with Crippen LogP contribution >= 0.6 is 15.9 Å². The number of rotatable bonds is 12. The van der Waals surface area contributed by atoms with Gasteiger partial charge in [-0.3, -0.25) is 4.79 Å². The average Bonchev–Trinajstić information content (AvgIpc) is 3.72. The van der Waals surface area contributed by atoms with Crippen LogP contribution in [0.3, 0.4) is 0 Å². The van der Waals surface area contributed by atoms with Crippen molar-refractivity contribution in [1.29, 1.82) is 0 Å². The molecule has 2 atom stereocenters. The second-order valence-electron chi connectivity index (χ2n) is 10.0. The number of nitrogens with one attached hydrogen (secondary N) is 1. The van der Waals surface area contributed by atoms with Crippen molar-refractivity contribution < 1.29 is 24.1 Å². The number of aliphatic hydroxyl groups is 1. The van der Waals surface area contributed by atoms with Gasteiger partial charge in [0.2, 0.25) is 5.90 Å². The molecule has 8 heteroatoms. The third kappa shape index (κ3) is 6.45. The fourth-order valence-electron chi connectivity index (χ4n) is 4.71. The van der Waals surface area contributed by atoms with E-state index in [0.717, 1.165) is 34.0 Å². The number of amides is 1. The molecule has 5 rings (SSSR count). The highest BCUT2D eigenvalue weighted by atomic mass is 79.9. The van der Waals surface area contributed by atoms with Crippen molar-refractivity contribution in [3.63, 3.8) is 0 Å². The van der Waals surface area contributed by atoms with Gasteiger partial charge in [-0.25, -0.2) is 4.99 Å². The first kappa shape index (κ1) is 27.2. The summed E-state index contributed by atoms with van der Waals surface area (Å²) in [6.07, 6.45) is 2.54. The fourth-order valence-corrected chi connectivity index (χ4v) is 4.98. The molecule has 3 aromatic rings. The smallest absolute Gasteiger partial charge is 0.252 e. The van der Waals surface area contributed by atoms with Crippen LogP contribution in [-0.4, -0.2) is 49.3 Å². The Bertz CT molecular complexity index is 1310. The lowest BCUT2D eigenvalue weighted by atomic mass is 9.82. The van der Waals surface area contributed by atoms with Crippen molar-refractivity contribution in [3.8, 4) is 11.5 Å². The zero-order valence-corrected chi connectivity index (χ0v) is 23.5. The third-order valence-corrected chi connectivity index (χ3v) is 7.59. The first-order valence-corrected chi connectivity index (χ1v) is 14.1. The van der Waals surface area contributed by atoms with Gasteiger partial charge in [-0.05, 0) is 78.4 Å². The molecule has 1 saturated carbocycles. The Morgan fingerprint density at radius 3 is 2.56 bits per heavy atom. The van der Waals surface area contributed by atoms with Crippen molar-refractivity contribution in [2.24, 2.45) is 10.9 Å². The number of methoxy groups -OCH3 is 1. The summed E-state index contributed by atoms with van der Waals surface area (Å²) in [7, 11) is 1.62. The summed E-state index contributed by atoms with van der Waals surface area (Å²) in [5, 5.41) is 12.2. The molecule has 0 spiro atoms. The highest BCUT2D eigenvalue weighted by Crippen LogP contribution is 2.43. The summed E-state index contributed by atoms with van der Waals surface area (Å²) in [6, 6.07) is 23.1. The van der Waals surface area contributed by atoms with Crippen molar-refractivity contribution in [2.75, 3.05) is 26.9 Å². The van der Waals surface area contributed by atoms with Crippen LogP contribution in [0, 0.1) is 5.92 Å². The topological polar surface area (TPSA) is 89.4 Å². The molecule has 39 heavy (non-hydrogen) atoms. The molecule has 7 nitrogen and oxygen atoms in total. The van der Waals surface area contributed by atoms with Crippen molar-refractivity contribution in [1.82, 2.24) is 5.32 Å². The van der Waals surface area contributed by atoms with Crippen LogP contribution in [0.25, 0.3) is 0 Å². The molecule has 0 radical (unpaired) electrons. The van der Waals surface area contributed by atoms with E-state index in [1.165, 1.54) is 0 Å². The number of nitrogens with zero attached hydrogens (tertiary/aromatic N) is 1. The minimum Gasteiger partial charge on any atom is -0.497 e. The van der Waals surface area contributed by atoms with Crippen LogP contribution in [0.15, 0.2) is 82.3 Å². The summed E-state index contributed by atoms with van der Waals surface area (Å²) in [4.78, 5) is 19.2. The van der Waals surface area contributed by atoms with E-state index in [1.807, 2.05) is 72.8 Å². The molecule has 2 aliphatic rings. The predicted molar refractivity (Wildman–Crippen MR) is 153 cm³/mol. The van der Waals surface area contributed by atoms with Crippen molar-refractivity contribution >= 4 is 27.7 Å². The standard InChI is InChI=1S/C31H33BrN2O5/c1-37-27-5-2-4-24(18-27)28-31(30(36)33-20-22-6-7-22,19-21-8-12-25(32)13-9-21)34-29(39-28)23-10-14-26(15-11-23)38-17-3-16-35/h2,4-5,8-15,18,22,28,35H,3,6-7,16-17,19-20H2,1H3,(H,33,36)/t28-,31-/m1/s1. The number of carbonyl (C=O) groups excluding carboxylic acids is 1. The molecule has 2 N–H and O–H groups in total. The third-order valence-electron chi connectivity index (χ3n) is 7.06. The normalized spacial score (nSPS) is 20.2. The molecule has 0 unspecified atom stereocenters. The summed E-state index contributed by atoms with van der Waals surface area (Å²) in [5.41, 5.74) is 1.33. The van der Waals surface area contributed by atoms with Gasteiger partial charge in [0.25, 0.3) is 5.91 Å². The molecule has 1 fully saturated rings. The van der Waals surface area contributed by atoms with Gasteiger partial charge in [-0.2, -0.15) is 0 Å². The Labute approximate surface area is 237 Å². The van der Waals surface area contributed by atoms with E-state index in [1.54, 1.807) is 7.11 Å². The quantitative estimate of drug-likeness (QED) is 0.281. The Morgan fingerprint density at radius 2 is 1.87 bits per heavy atom. The second-order valence-corrected chi connectivity index (χ2v) is 10.9. The molecule has 0 aromatic heterocycles. The van der Waals surface area contributed by atoms with E-state index in [4.69, 9.17) is 24.3 Å². The second kappa shape index (κ2) is 12.2. The maximum atomic E-state index is 14.1. The molecule has 0 bridgehead atoms. The van der Waals surface area contributed by atoms with E-state index in [0.29, 0.717) is 49.3 Å². The highest BCUT2D eigenvalue weighted by Gasteiger charge is 2.53. The number of hydrogen-bond acceptors (Lipinski definition) is 6. The van der Waals surface area contributed by atoms with Crippen LogP contribution in [0.1, 0.15) is 42.1 Å². The summed E-state index contributed by atoms with van der Waals surface area (Å²) in [6.45, 7) is 1.15. The lowest BCUT2D eigenvalue weighted by Gasteiger charge is -2.31. The number of halogens is 1. The van der Waals surface area contributed by atoms with Gasteiger partial charge in [0.15, 0.2) is 11.6 Å². The molecule has 1 amide bonds. The highest BCUT2D eigenvalue weighted by molar-refractivity contribution is 9.10. The van der Waals surface area contributed by atoms with Gasteiger partial charge in [-0.15, -0.1) is 0 Å². The van der Waals surface area contributed by atoms with Crippen LogP contribution in [0.4, 0.5) is 0 Å². The van der Waals surface area contributed by atoms with Crippen LogP contribution in [0.5, 0.6) is 11.5 Å². The number of hydrogen-bond donors (Lipinski definition) is 2. The van der Waals surface area contributed by atoms with E-state index in [-0.39, 0.29) is 12.5 Å². The Balaban J connectivity index is 1.54. The largest absolute Gasteiger partial charge is 0.497 e. The van der Waals surface area contributed by atoms with Crippen molar-refractivity contribution in [2.45, 2.75) is 37.3 Å². The fraction of sp³-hybridized carbons (Fsp3) is 0.355. The molecule has 204 valence electrons. The first-order chi connectivity index (χ1) is 19.0. The summed E-state index contributed by atoms with van der Waals surface area (Å²) >= 11 is 3.51. The van der Waals surface area contributed by atoms with E-state index >= 15 is 0 Å². The number of benzene rings is 3. The lowest BCUT2D eigenvalue weighted by molar-refractivity contribution is -0.129. The zero-order valence-electron chi connectivity index (χ0n) is 21.9. The number of carbonyl (C=O) groups is 1. The van der Waals surface area contributed by atoms with Crippen LogP contribution in [0.2, 0.25) is 0 Å². The summed E-state index contributed by atoms with van der Waals surface area (Å²) < 4.78 is 18.7. The maximum absolute atomic E-state index is 14.1. The number of ether oxygens (including phenoxy) is 3. The van der Waals surface area contributed by atoms with Crippen LogP contribution in [-0.2, 0) is 16.0 Å². The predicted octanol–water partition coefficient (Wildman–Crippen LogP) is 5.24. The van der Waals surface area contributed by atoms with E-state index in [9.17, 15) is 4.79 Å².